The van der Waals surface area contributed by atoms with Crippen LogP contribution in [-0.4, -0.2) is 71.7 Å². The molecule has 2 N–H and O–H groups in total. The van der Waals surface area contributed by atoms with Crippen molar-refractivity contribution in [3.63, 3.8) is 0 Å². The molecule has 5 heteroatoms. The van der Waals surface area contributed by atoms with Crippen molar-refractivity contribution in [1.82, 2.24) is 15.1 Å². The van der Waals surface area contributed by atoms with Gasteiger partial charge in [0.25, 0.3) is 0 Å². The van der Waals surface area contributed by atoms with E-state index in [0.29, 0.717) is 19.1 Å². The third-order valence-electron chi connectivity index (χ3n) is 4.53. The number of nitrogens with zero attached hydrogens (tertiary/aromatic N) is 2. The third-order valence-corrected chi connectivity index (χ3v) is 4.53. The van der Waals surface area contributed by atoms with Crippen LogP contribution >= 0.6 is 0 Å². The Kier molecular flexibility index (Phi) is 3.54. The van der Waals surface area contributed by atoms with Gasteiger partial charge < -0.3 is 15.3 Å². The molecule has 3 saturated heterocycles. The van der Waals surface area contributed by atoms with Crippen LogP contribution < -0.4 is 5.32 Å². The number of hydrogen-bond acceptors (Lipinski definition) is 4. The largest absolute Gasteiger partial charge is 0.389 e. The summed E-state index contributed by atoms with van der Waals surface area (Å²) in [6, 6.07) is 0.662. The first-order chi connectivity index (χ1) is 8.75. The van der Waals surface area contributed by atoms with E-state index in [2.05, 4.69) is 10.2 Å². The van der Waals surface area contributed by atoms with Crippen LogP contribution in [0, 0.1) is 0 Å². The number of piperidine rings is 1. The summed E-state index contributed by atoms with van der Waals surface area (Å²) >= 11 is 0. The molecule has 0 spiro atoms. The Morgan fingerprint density at radius 1 is 1.17 bits per heavy atom. The van der Waals surface area contributed by atoms with Crippen LogP contribution in [0.4, 0.5) is 0 Å². The highest BCUT2D eigenvalue weighted by Crippen LogP contribution is 2.26. The van der Waals surface area contributed by atoms with Gasteiger partial charge in [-0.25, -0.2) is 0 Å². The molecule has 3 rings (SSSR count). The Morgan fingerprint density at radius 2 is 1.89 bits per heavy atom. The lowest BCUT2D eigenvalue weighted by atomic mass is 10.0. The molecule has 3 fully saturated rings. The molecule has 3 aliphatic heterocycles. The second kappa shape index (κ2) is 5.15. The number of aliphatic hydroxyl groups is 1. The lowest BCUT2D eigenvalue weighted by Gasteiger charge is -2.41. The molecule has 0 aromatic heterocycles. The Bertz CT molecular complexity index is 311. The molecule has 1 atom stereocenters. The van der Waals surface area contributed by atoms with E-state index in [1.54, 1.807) is 0 Å². The normalized spacial score (nSPS) is 31.6. The number of β-amino-alcohol motifs (C(OH)–C–C–N with tert-alkyl or cyclic N) is 1. The predicted molar refractivity (Wildman–Crippen MR) is 68.2 cm³/mol. The van der Waals surface area contributed by atoms with E-state index in [0.717, 1.165) is 45.3 Å². The SMILES string of the molecule is O=C(C1CCCN1C1CCNCC1)N1CC(O)C1. The van der Waals surface area contributed by atoms with Crippen molar-refractivity contribution in [2.75, 3.05) is 32.7 Å². The van der Waals surface area contributed by atoms with Gasteiger partial charge in [0.15, 0.2) is 0 Å². The zero-order valence-corrected chi connectivity index (χ0v) is 10.8. The van der Waals surface area contributed by atoms with E-state index in [1.807, 2.05) is 4.90 Å². The molecule has 18 heavy (non-hydrogen) atoms. The highest BCUT2D eigenvalue weighted by molar-refractivity contribution is 5.83. The van der Waals surface area contributed by atoms with Crippen LogP contribution in [0.3, 0.4) is 0 Å². The zero-order valence-electron chi connectivity index (χ0n) is 10.8. The minimum atomic E-state index is -0.289. The predicted octanol–water partition coefficient (Wildman–Crippen LogP) is -0.594. The Balaban J connectivity index is 1.61. The quantitative estimate of drug-likeness (QED) is 0.690. The first kappa shape index (κ1) is 12.4. The molecule has 0 saturated carbocycles. The number of nitrogens with one attached hydrogen (secondary N) is 1. The minimum Gasteiger partial charge on any atom is -0.389 e. The van der Waals surface area contributed by atoms with E-state index in [4.69, 9.17) is 0 Å². The number of carbonyl (C=O) groups excluding carboxylic acids is 1. The van der Waals surface area contributed by atoms with Gasteiger partial charge in [-0.1, -0.05) is 0 Å². The van der Waals surface area contributed by atoms with E-state index in [-0.39, 0.29) is 18.1 Å². The van der Waals surface area contributed by atoms with Crippen molar-refractivity contribution >= 4 is 5.91 Å². The summed E-state index contributed by atoms with van der Waals surface area (Å²) in [6.07, 6.45) is 4.16. The van der Waals surface area contributed by atoms with E-state index < -0.39 is 0 Å². The van der Waals surface area contributed by atoms with Gasteiger partial charge in [0.05, 0.1) is 12.1 Å². The molecular formula is C13H23N3O2. The van der Waals surface area contributed by atoms with Gasteiger partial charge in [-0.05, 0) is 45.3 Å². The van der Waals surface area contributed by atoms with Crippen LogP contribution in [0.5, 0.6) is 0 Å². The Hall–Kier alpha value is -0.650. The lowest BCUT2D eigenvalue weighted by Crippen LogP contribution is -2.59. The molecule has 102 valence electrons. The summed E-state index contributed by atoms with van der Waals surface area (Å²) in [7, 11) is 0. The lowest BCUT2D eigenvalue weighted by molar-refractivity contribution is -0.147. The highest BCUT2D eigenvalue weighted by Gasteiger charge is 2.40. The summed E-state index contributed by atoms with van der Waals surface area (Å²) in [6.45, 7) is 4.29. The fourth-order valence-corrected chi connectivity index (χ4v) is 3.48. The van der Waals surface area contributed by atoms with Crippen molar-refractivity contribution in [2.24, 2.45) is 0 Å². The van der Waals surface area contributed by atoms with Crippen molar-refractivity contribution in [1.29, 1.82) is 0 Å². The smallest absolute Gasteiger partial charge is 0.240 e. The summed E-state index contributed by atoms with van der Waals surface area (Å²) in [5, 5.41) is 12.7. The van der Waals surface area contributed by atoms with Gasteiger partial charge in [0, 0.05) is 19.1 Å². The van der Waals surface area contributed by atoms with Gasteiger partial charge in [-0.2, -0.15) is 0 Å². The van der Waals surface area contributed by atoms with Crippen LogP contribution in [-0.2, 0) is 4.79 Å². The molecule has 0 aromatic rings. The van der Waals surface area contributed by atoms with E-state index in [9.17, 15) is 9.90 Å². The van der Waals surface area contributed by atoms with Crippen molar-refractivity contribution in [3.8, 4) is 0 Å². The van der Waals surface area contributed by atoms with Crippen molar-refractivity contribution in [3.05, 3.63) is 0 Å². The molecule has 1 unspecified atom stereocenters. The van der Waals surface area contributed by atoms with Crippen LogP contribution in [0.1, 0.15) is 25.7 Å². The number of aliphatic hydroxyl groups excluding tert-OH is 1. The van der Waals surface area contributed by atoms with Gasteiger partial charge in [-0.3, -0.25) is 9.69 Å². The summed E-state index contributed by atoms with van der Waals surface area (Å²) in [4.78, 5) is 16.6. The zero-order chi connectivity index (χ0) is 12.5. The number of likely N-dealkylation sites (tertiary alicyclic amines) is 2. The molecule has 1 amide bonds. The first-order valence-electron chi connectivity index (χ1n) is 7.19. The van der Waals surface area contributed by atoms with Gasteiger partial charge in [0.1, 0.15) is 0 Å². The summed E-state index contributed by atoms with van der Waals surface area (Å²) in [5.74, 6) is 0.247. The second-order valence-corrected chi connectivity index (χ2v) is 5.77. The van der Waals surface area contributed by atoms with E-state index in [1.165, 1.54) is 0 Å². The number of amides is 1. The molecule has 3 aliphatic rings. The molecule has 0 aromatic carbocycles. The average Bonchev–Trinajstić information content (AvgIpc) is 2.84. The summed E-state index contributed by atoms with van der Waals surface area (Å²) in [5.41, 5.74) is 0. The third kappa shape index (κ3) is 2.27. The molecule has 0 aliphatic carbocycles. The van der Waals surface area contributed by atoms with Gasteiger partial charge >= 0.3 is 0 Å². The van der Waals surface area contributed by atoms with E-state index >= 15 is 0 Å². The standard InChI is InChI=1S/C13H23N3O2/c17-11-8-15(9-11)13(18)12-2-1-7-16(12)10-3-5-14-6-4-10/h10-12,14,17H,1-9H2. The van der Waals surface area contributed by atoms with Gasteiger partial charge in [0.2, 0.25) is 5.91 Å². The minimum absolute atomic E-state index is 0.0839. The second-order valence-electron chi connectivity index (χ2n) is 5.77. The number of hydrogen-bond donors (Lipinski definition) is 2. The van der Waals surface area contributed by atoms with Crippen LogP contribution in [0.15, 0.2) is 0 Å². The maximum Gasteiger partial charge on any atom is 0.240 e. The van der Waals surface area contributed by atoms with Crippen LogP contribution in [0.2, 0.25) is 0 Å². The topological polar surface area (TPSA) is 55.8 Å². The highest BCUT2D eigenvalue weighted by atomic mass is 16.3. The molecular weight excluding hydrogens is 230 g/mol. The molecule has 0 bridgehead atoms. The number of carbonyl (C=O) groups is 1. The number of rotatable bonds is 2. The molecule has 3 heterocycles. The van der Waals surface area contributed by atoms with Crippen molar-refractivity contribution in [2.45, 2.75) is 43.9 Å². The first-order valence-corrected chi connectivity index (χ1v) is 7.19. The maximum atomic E-state index is 12.4. The fraction of sp³-hybridized carbons (Fsp3) is 0.923. The van der Waals surface area contributed by atoms with Crippen LogP contribution in [0.25, 0.3) is 0 Å². The monoisotopic (exact) mass is 253 g/mol. The maximum absolute atomic E-state index is 12.4. The van der Waals surface area contributed by atoms with Crippen molar-refractivity contribution < 1.29 is 9.90 Å². The van der Waals surface area contributed by atoms with Gasteiger partial charge in [-0.15, -0.1) is 0 Å². The molecule has 5 nitrogen and oxygen atoms in total. The molecule has 0 radical (unpaired) electrons. The summed E-state index contributed by atoms with van der Waals surface area (Å²) < 4.78 is 0. The Morgan fingerprint density at radius 3 is 2.56 bits per heavy atom. The fourth-order valence-electron chi connectivity index (χ4n) is 3.48. The average molecular weight is 253 g/mol. The Labute approximate surface area is 108 Å².